The largest absolute Gasteiger partial charge is 0.361 e. The number of nitrogens with one attached hydrogen (secondary N) is 1. The number of hydrogen-bond acceptors (Lipinski definition) is 5. The van der Waals surface area contributed by atoms with Gasteiger partial charge in [0.25, 0.3) is 0 Å². The van der Waals surface area contributed by atoms with E-state index in [-0.39, 0.29) is 0 Å². The van der Waals surface area contributed by atoms with Crippen LogP contribution in [0.15, 0.2) is 0 Å². The van der Waals surface area contributed by atoms with Crippen molar-refractivity contribution in [1.29, 1.82) is 5.26 Å². The number of rotatable bonds is 4. The zero-order valence-corrected chi connectivity index (χ0v) is 12.0. The third-order valence-electron chi connectivity index (χ3n) is 3.38. The Morgan fingerprint density at radius 2 is 2.28 bits per heavy atom. The van der Waals surface area contributed by atoms with Crippen LogP contribution in [0.25, 0.3) is 0 Å². The van der Waals surface area contributed by atoms with Gasteiger partial charge in [-0.05, 0) is 38.4 Å². The Bertz CT molecular complexity index is 432. The van der Waals surface area contributed by atoms with E-state index in [4.69, 9.17) is 16.9 Å². The van der Waals surface area contributed by atoms with Crippen LogP contribution in [0.1, 0.15) is 24.6 Å². The number of halogens is 1. The van der Waals surface area contributed by atoms with Crippen LogP contribution in [-0.2, 0) is 0 Å². The predicted molar refractivity (Wildman–Crippen MR) is 75.2 cm³/mol. The Hall–Kier alpha value is -0.830. The Labute approximate surface area is 117 Å². The van der Waals surface area contributed by atoms with Crippen LogP contribution in [0, 0.1) is 17.2 Å². The zero-order valence-electron chi connectivity index (χ0n) is 10.4. The summed E-state index contributed by atoms with van der Waals surface area (Å²) in [5, 5.41) is 13.2. The minimum atomic E-state index is 0.311. The number of nitriles is 1. The van der Waals surface area contributed by atoms with Gasteiger partial charge in [-0.2, -0.15) is 5.26 Å². The van der Waals surface area contributed by atoms with Crippen LogP contribution < -0.4 is 5.32 Å². The van der Waals surface area contributed by atoms with E-state index in [1.54, 1.807) is 0 Å². The number of hydrogen-bond donors (Lipinski definition) is 1. The first-order chi connectivity index (χ1) is 8.72. The van der Waals surface area contributed by atoms with Gasteiger partial charge in [0.2, 0.25) is 0 Å². The summed E-state index contributed by atoms with van der Waals surface area (Å²) >= 11 is 7.16. The minimum absolute atomic E-state index is 0.311. The molecule has 0 bridgehead atoms. The smallest absolute Gasteiger partial charge is 0.185 e. The molecule has 1 aliphatic heterocycles. The normalized spacial score (nSPS) is 17.6. The van der Waals surface area contributed by atoms with E-state index in [0.29, 0.717) is 15.9 Å². The van der Waals surface area contributed by atoms with E-state index in [1.807, 2.05) is 6.07 Å². The second-order valence-electron chi connectivity index (χ2n) is 4.51. The molecule has 0 spiro atoms. The van der Waals surface area contributed by atoms with Crippen molar-refractivity contribution in [2.45, 2.75) is 19.8 Å². The van der Waals surface area contributed by atoms with Gasteiger partial charge in [-0.15, -0.1) is 0 Å². The molecule has 2 heterocycles. The maximum atomic E-state index is 8.81. The second-order valence-corrected chi connectivity index (χ2v) is 5.87. The third-order valence-corrected chi connectivity index (χ3v) is 4.69. The van der Waals surface area contributed by atoms with Crippen molar-refractivity contribution < 1.29 is 0 Å². The highest BCUT2D eigenvalue weighted by molar-refractivity contribution is 7.16. The lowest BCUT2D eigenvalue weighted by molar-refractivity contribution is 0.198. The monoisotopic (exact) mass is 284 g/mol. The number of nitrogens with zero attached hydrogens (tertiary/aromatic N) is 3. The quantitative estimate of drug-likeness (QED) is 0.924. The number of anilines is 1. The van der Waals surface area contributed by atoms with Gasteiger partial charge in [0, 0.05) is 6.54 Å². The van der Waals surface area contributed by atoms with Gasteiger partial charge in [0.1, 0.15) is 10.9 Å². The zero-order chi connectivity index (χ0) is 13.0. The Kier molecular flexibility index (Phi) is 4.81. The lowest BCUT2D eigenvalue weighted by Crippen LogP contribution is -2.35. The Balaban J connectivity index is 1.80. The topological polar surface area (TPSA) is 52.0 Å². The summed E-state index contributed by atoms with van der Waals surface area (Å²) in [5.74, 6) is 0.695. The summed E-state index contributed by atoms with van der Waals surface area (Å²) in [6.07, 6.45) is 2.45. The molecule has 6 heteroatoms. The highest BCUT2D eigenvalue weighted by Gasteiger charge is 2.18. The molecule has 0 saturated carbocycles. The van der Waals surface area contributed by atoms with Crippen LogP contribution >= 0.6 is 22.9 Å². The van der Waals surface area contributed by atoms with Gasteiger partial charge >= 0.3 is 0 Å². The number of thiazole rings is 1. The second kappa shape index (κ2) is 6.37. The first kappa shape index (κ1) is 13.6. The maximum Gasteiger partial charge on any atom is 0.185 e. The maximum absolute atomic E-state index is 8.81. The molecule has 0 atom stereocenters. The van der Waals surface area contributed by atoms with E-state index >= 15 is 0 Å². The van der Waals surface area contributed by atoms with Crippen LogP contribution in [0.5, 0.6) is 0 Å². The van der Waals surface area contributed by atoms with E-state index in [1.165, 1.54) is 37.3 Å². The number of aromatic nitrogens is 1. The van der Waals surface area contributed by atoms with Crippen molar-refractivity contribution in [3.8, 4) is 6.07 Å². The summed E-state index contributed by atoms with van der Waals surface area (Å²) in [6.45, 7) is 6.65. The SMILES string of the molecule is CCN1CCC(CNc2nc(Cl)c(C#N)s2)CC1. The Morgan fingerprint density at radius 1 is 1.56 bits per heavy atom. The molecule has 1 aliphatic rings. The fourth-order valence-electron chi connectivity index (χ4n) is 2.18. The molecular formula is C12H17ClN4S. The molecule has 2 rings (SSSR count). The van der Waals surface area contributed by atoms with Gasteiger partial charge in [0.15, 0.2) is 10.3 Å². The number of likely N-dealkylation sites (tertiary alicyclic amines) is 1. The molecule has 0 radical (unpaired) electrons. The lowest BCUT2D eigenvalue weighted by atomic mass is 9.97. The highest BCUT2D eigenvalue weighted by atomic mass is 35.5. The Morgan fingerprint density at radius 3 is 2.83 bits per heavy atom. The van der Waals surface area contributed by atoms with Crippen molar-refractivity contribution in [2.75, 3.05) is 31.5 Å². The fourth-order valence-corrected chi connectivity index (χ4v) is 3.14. The van der Waals surface area contributed by atoms with Crippen LogP contribution in [0.3, 0.4) is 0 Å². The lowest BCUT2D eigenvalue weighted by Gasteiger charge is -2.30. The van der Waals surface area contributed by atoms with Crippen molar-refractivity contribution in [3.05, 3.63) is 10.0 Å². The van der Waals surface area contributed by atoms with Crippen molar-refractivity contribution in [3.63, 3.8) is 0 Å². The molecule has 0 aromatic carbocycles. The first-order valence-corrected chi connectivity index (χ1v) is 7.45. The molecule has 4 nitrogen and oxygen atoms in total. The first-order valence-electron chi connectivity index (χ1n) is 6.25. The van der Waals surface area contributed by atoms with Crippen LogP contribution in [-0.4, -0.2) is 36.1 Å². The van der Waals surface area contributed by atoms with Gasteiger partial charge in [-0.3, -0.25) is 0 Å². The van der Waals surface area contributed by atoms with Gasteiger partial charge in [-0.25, -0.2) is 4.98 Å². The van der Waals surface area contributed by atoms with E-state index in [0.717, 1.165) is 18.2 Å². The summed E-state index contributed by atoms with van der Waals surface area (Å²) in [4.78, 5) is 7.10. The third kappa shape index (κ3) is 3.35. The molecule has 98 valence electrons. The average Bonchev–Trinajstić information content (AvgIpc) is 2.77. The van der Waals surface area contributed by atoms with Crippen LogP contribution in [0.4, 0.5) is 5.13 Å². The van der Waals surface area contributed by atoms with E-state index in [9.17, 15) is 0 Å². The van der Waals surface area contributed by atoms with Crippen molar-refractivity contribution in [1.82, 2.24) is 9.88 Å². The molecule has 1 aromatic rings. The van der Waals surface area contributed by atoms with Gasteiger partial charge < -0.3 is 10.2 Å². The molecule has 0 amide bonds. The number of piperidine rings is 1. The molecular weight excluding hydrogens is 268 g/mol. The van der Waals surface area contributed by atoms with Gasteiger partial charge in [0.05, 0.1) is 0 Å². The van der Waals surface area contributed by atoms with Crippen LogP contribution in [0.2, 0.25) is 5.15 Å². The summed E-state index contributed by atoms with van der Waals surface area (Å²) in [6, 6.07) is 2.04. The molecule has 1 aromatic heterocycles. The molecule has 1 saturated heterocycles. The predicted octanol–water partition coefficient (Wildman–Crippen LogP) is 2.81. The van der Waals surface area contributed by atoms with Crippen molar-refractivity contribution in [2.24, 2.45) is 5.92 Å². The van der Waals surface area contributed by atoms with E-state index < -0.39 is 0 Å². The molecule has 18 heavy (non-hydrogen) atoms. The van der Waals surface area contributed by atoms with E-state index in [2.05, 4.69) is 22.1 Å². The standard InChI is InChI=1S/C12H17ClN4S/c1-2-17-5-3-9(4-6-17)8-15-12-16-11(13)10(7-14)18-12/h9H,2-6,8H2,1H3,(H,15,16). The molecule has 0 unspecified atom stereocenters. The van der Waals surface area contributed by atoms with Gasteiger partial charge in [-0.1, -0.05) is 29.9 Å². The average molecular weight is 285 g/mol. The fraction of sp³-hybridized carbons (Fsp3) is 0.667. The highest BCUT2D eigenvalue weighted by Crippen LogP contribution is 2.26. The summed E-state index contributed by atoms with van der Waals surface area (Å²) in [5.41, 5.74) is 0. The minimum Gasteiger partial charge on any atom is -0.361 e. The summed E-state index contributed by atoms with van der Waals surface area (Å²) < 4.78 is 0. The molecule has 1 N–H and O–H groups in total. The molecule has 1 fully saturated rings. The summed E-state index contributed by atoms with van der Waals surface area (Å²) in [7, 11) is 0. The molecule has 0 aliphatic carbocycles. The van der Waals surface area contributed by atoms with Crippen molar-refractivity contribution >= 4 is 28.1 Å².